The van der Waals surface area contributed by atoms with Crippen LogP contribution in [0.1, 0.15) is 29.8 Å². The number of hydrogen-bond donors (Lipinski definition) is 2. The summed E-state index contributed by atoms with van der Waals surface area (Å²) in [5, 5.41) is 11.5. The molecule has 21 heavy (non-hydrogen) atoms. The van der Waals surface area contributed by atoms with E-state index >= 15 is 0 Å². The Morgan fingerprint density at radius 3 is 2.24 bits per heavy atom. The minimum absolute atomic E-state index is 0.0616. The number of carbonyl (C=O) groups is 2. The lowest BCUT2D eigenvalue weighted by molar-refractivity contribution is -0.140. The Kier molecular flexibility index (Phi) is 5.11. The monoisotopic (exact) mass is 313 g/mol. The molecule has 0 unspecified atom stereocenters. The zero-order chi connectivity index (χ0) is 16.4. The van der Waals surface area contributed by atoms with Gasteiger partial charge in [0.15, 0.2) is 9.84 Å². The van der Waals surface area contributed by atoms with E-state index in [9.17, 15) is 18.0 Å². The topological polar surface area (TPSA) is 101 Å². The van der Waals surface area contributed by atoms with Gasteiger partial charge in [0.05, 0.1) is 4.90 Å². The minimum Gasteiger partial charge on any atom is -0.480 e. The Hall–Kier alpha value is -1.89. The number of amides is 1. The van der Waals surface area contributed by atoms with Crippen molar-refractivity contribution in [2.75, 3.05) is 6.26 Å². The van der Waals surface area contributed by atoms with E-state index < -0.39 is 27.8 Å². The number of nitrogens with one attached hydrogen (secondary N) is 1. The highest BCUT2D eigenvalue weighted by molar-refractivity contribution is 7.90. The number of aryl methyl sites for hydroxylation is 1. The van der Waals surface area contributed by atoms with Crippen LogP contribution in [-0.2, 0) is 14.6 Å². The number of hydrogen-bond acceptors (Lipinski definition) is 4. The lowest BCUT2D eigenvalue weighted by Crippen LogP contribution is -2.44. The molecule has 116 valence electrons. The molecule has 6 nitrogen and oxygen atoms in total. The van der Waals surface area contributed by atoms with Gasteiger partial charge in [0, 0.05) is 11.8 Å². The van der Waals surface area contributed by atoms with E-state index in [2.05, 4.69) is 5.32 Å². The minimum atomic E-state index is -3.45. The van der Waals surface area contributed by atoms with Crippen molar-refractivity contribution in [2.45, 2.75) is 31.7 Å². The van der Waals surface area contributed by atoms with Crippen LogP contribution in [0.25, 0.3) is 0 Å². The first kappa shape index (κ1) is 17.2. The molecule has 0 saturated heterocycles. The number of carboxylic acids is 1. The third kappa shape index (κ3) is 4.29. The predicted octanol–water partition coefficient (Wildman–Crippen LogP) is 1.24. The molecule has 0 bridgehead atoms. The molecular weight excluding hydrogens is 294 g/mol. The van der Waals surface area contributed by atoms with E-state index in [0.717, 1.165) is 6.26 Å². The molecule has 1 amide bonds. The fourth-order valence-corrected chi connectivity index (χ4v) is 2.87. The van der Waals surface area contributed by atoms with Crippen molar-refractivity contribution in [3.63, 3.8) is 0 Å². The summed E-state index contributed by atoms with van der Waals surface area (Å²) in [4.78, 5) is 23.2. The average molecular weight is 313 g/mol. The number of carboxylic acid groups (broad SMARTS) is 1. The molecular formula is C14H19NO5S. The van der Waals surface area contributed by atoms with Crippen LogP contribution in [0.2, 0.25) is 0 Å². The second-order valence-corrected chi connectivity index (χ2v) is 7.27. The Morgan fingerprint density at radius 1 is 1.24 bits per heavy atom. The predicted molar refractivity (Wildman–Crippen MR) is 78.0 cm³/mol. The molecule has 0 aliphatic rings. The normalized spacial score (nSPS) is 13.0. The number of sulfone groups is 1. The van der Waals surface area contributed by atoms with Gasteiger partial charge in [-0.15, -0.1) is 0 Å². The summed E-state index contributed by atoms with van der Waals surface area (Å²) in [5.74, 6) is -2.03. The van der Waals surface area contributed by atoms with Gasteiger partial charge in [-0.05, 0) is 30.5 Å². The fraction of sp³-hybridized carbons (Fsp3) is 0.429. The van der Waals surface area contributed by atoms with Crippen molar-refractivity contribution in [1.29, 1.82) is 0 Å². The zero-order valence-corrected chi connectivity index (χ0v) is 13.2. The molecule has 2 N–H and O–H groups in total. The van der Waals surface area contributed by atoms with Crippen LogP contribution in [0, 0.1) is 12.8 Å². The van der Waals surface area contributed by atoms with Gasteiger partial charge in [-0.2, -0.15) is 0 Å². The number of carbonyl (C=O) groups excluding carboxylic acids is 1. The summed E-state index contributed by atoms with van der Waals surface area (Å²) in [5.41, 5.74) is 0.653. The molecule has 1 aromatic rings. The lowest BCUT2D eigenvalue weighted by atomic mass is 10.0. The molecule has 1 atom stereocenters. The first-order valence-electron chi connectivity index (χ1n) is 6.38. The molecule has 1 rings (SSSR count). The zero-order valence-electron chi connectivity index (χ0n) is 12.4. The number of aliphatic carboxylic acids is 1. The van der Waals surface area contributed by atoms with Gasteiger partial charge in [0.1, 0.15) is 6.04 Å². The molecule has 0 saturated carbocycles. The van der Waals surface area contributed by atoms with E-state index in [1.807, 2.05) is 0 Å². The Morgan fingerprint density at radius 2 is 1.81 bits per heavy atom. The Bertz CT molecular complexity index is 664. The van der Waals surface area contributed by atoms with Crippen molar-refractivity contribution in [3.8, 4) is 0 Å². The van der Waals surface area contributed by atoms with Crippen molar-refractivity contribution < 1.29 is 23.1 Å². The largest absolute Gasteiger partial charge is 0.480 e. The summed E-state index contributed by atoms with van der Waals surface area (Å²) >= 11 is 0. The quantitative estimate of drug-likeness (QED) is 0.851. The molecule has 0 heterocycles. The van der Waals surface area contributed by atoms with Gasteiger partial charge >= 0.3 is 5.97 Å². The van der Waals surface area contributed by atoms with Gasteiger partial charge < -0.3 is 10.4 Å². The SMILES string of the molecule is Cc1ccc(C(=O)N[C@H](C(=O)O)C(C)C)cc1S(C)(=O)=O. The van der Waals surface area contributed by atoms with Crippen LogP contribution in [-0.4, -0.2) is 37.7 Å². The highest BCUT2D eigenvalue weighted by atomic mass is 32.2. The summed E-state index contributed by atoms with van der Waals surface area (Å²) in [7, 11) is -3.45. The molecule has 1 aromatic carbocycles. The lowest BCUT2D eigenvalue weighted by Gasteiger charge is -2.18. The smallest absolute Gasteiger partial charge is 0.326 e. The second kappa shape index (κ2) is 6.26. The highest BCUT2D eigenvalue weighted by Crippen LogP contribution is 2.17. The van der Waals surface area contributed by atoms with Crippen LogP contribution in [0.5, 0.6) is 0 Å². The molecule has 0 aliphatic heterocycles. The molecule has 0 aliphatic carbocycles. The molecule has 7 heteroatoms. The maximum atomic E-state index is 12.1. The second-order valence-electron chi connectivity index (χ2n) is 5.29. The summed E-state index contributed by atoms with van der Waals surface area (Å²) in [6.07, 6.45) is 1.06. The number of benzene rings is 1. The van der Waals surface area contributed by atoms with Crippen molar-refractivity contribution in [2.24, 2.45) is 5.92 Å². The maximum absolute atomic E-state index is 12.1. The molecule has 0 spiro atoms. The summed E-state index contributed by atoms with van der Waals surface area (Å²) in [6.45, 7) is 4.98. The summed E-state index contributed by atoms with van der Waals surface area (Å²) in [6, 6.07) is 3.23. The molecule has 0 fully saturated rings. The Balaban J connectivity index is 3.12. The van der Waals surface area contributed by atoms with Gasteiger partial charge in [0.25, 0.3) is 5.91 Å². The van der Waals surface area contributed by atoms with E-state index in [1.54, 1.807) is 20.8 Å². The Labute approximate surface area is 124 Å². The average Bonchev–Trinajstić information content (AvgIpc) is 2.33. The van der Waals surface area contributed by atoms with E-state index in [0.29, 0.717) is 5.56 Å². The molecule has 0 radical (unpaired) electrons. The van der Waals surface area contributed by atoms with E-state index in [-0.39, 0.29) is 16.4 Å². The summed E-state index contributed by atoms with van der Waals surface area (Å²) < 4.78 is 23.3. The first-order valence-corrected chi connectivity index (χ1v) is 8.27. The maximum Gasteiger partial charge on any atom is 0.326 e. The van der Waals surface area contributed by atoms with Gasteiger partial charge in [-0.1, -0.05) is 19.9 Å². The van der Waals surface area contributed by atoms with Gasteiger partial charge in [0.2, 0.25) is 0 Å². The van der Waals surface area contributed by atoms with Gasteiger partial charge in [-0.3, -0.25) is 4.79 Å². The van der Waals surface area contributed by atoms with Crippen LogP contribution in [0.4, 0.5) is 0 Å². The van der Waals surface area contributed by atoms with E-state index in [1.165, 1.54) is 18.2 Å². The third-order valence-corrected chi connectivity index (χ3v) is 4.31. The van der Waals surface area contributed by atoms with Crippen molar-refractivity contribution in [1.82, 2.24) is 5.32 Å². The van der Waals surface area contributed by atoms with Gasteiger partial charge in [-0.25, -0.2) is 13.2 Å². The number of rotatable bonds is 5. The van der Waals surface area contributed by atoms with Crippen molar-refractivity contribution >= 4 is 21.7 Å². The standard InChI is InChI=1S/C14H19NO5S/c1-8(2)12(14(17)18)15-13(16)10-6-5-9(3)11(7-10)21(4,19)20/h5-8,12H,1-4H3,(H,15,16)(H,17,18)/t12-/m0/s1. The third-order valence-electron chi connectivity index (χ3n) is 3.07. The molecule has 0 aromatic heterocycles. The highest BCUT2D eigenvalue weighted by Gasteiger charge is 2.24. The van der Waals surface area contributed by atoms with Crippen LogP contribution in [0.15, 0.2) is 23.1 Å². The van der Waals surface area contributed by atoms with E-state index in [4.69, 9.17) is 5.11 Å². The van der Waals surface area contributed by atoms with Crippen molar-refractivity contribution in [3.05, 3.63) is 29.3 Å². The van der Waals surface area contributed by atoms with Crippen LogP contribution >= 0.6 is 0 Å². The van der Waals surface area contributed by atoms with Crippen LogP contribution < -0.4 is 5.32 Å². The first-order chi connectivity index (χ1) is 9.54. The fourth-order valence-electron chi connectivity index (χ4n) is 1.88. The van der Waals surface area contributed by atoms with Crippen LogP contribution in [0.3, 0.4) is 0 Å².